The zero-order chi connectivity index (χ0) is 31.9. The third-order valence-electron chi connectivity index (χ3n) is 8.34. The van der Waals surface area contributed by atoms with Crippen LogP contribution in [0.1, 0.15) is 83.8 Å². The lowest BCUT2D eigenvalue weighted by atomic mass is 9.98. The Morgan fingerprint density at radius 3 is 2.40 bits per heavy atom. The standard InChI is InChI=1S/C33H39N9O3/c1-6-7-12-26-34-27-28(32(45)42-25(30(43)35-33(3,4)5)18-13-20(2)41(42)31(27)44)40(26)19-21-14-16-22(17-15-21)23-10-8-9-11-24(23)29-36-38-39-37-29/h8-11,14-17,20,25H,6-7,12-13,18-19H2,1-5H3,(H,35,43)(H,36,37,38,39). The third kappa shape index (κ3) is 5.72. The van der Waals surface area contributed by atoms with E-state index < -0.39 is 11.6 Å². The number of aromatic amines is 1. The van der Waals surface area contributed by atoms with Crippen molar-refractivity contribution in [1.82, 2.24) is 44.9 Å². The van der Waals surface area contributed by atoms with Crippen molar-refractivity contribution >= 4 is 16.9 Å². The van der Waals surface area contributed by atoms with Gasteiger partial charge in [-0.15, -0.1) is 10.2 Å². The molecule has 234 valence electrons. The van der Waals surface area contributed by atoms with Crippen LogP contribution in [0.25, 0.3) is 33.5 Å². The summed E-state index contributed by atoms with van der Waals surface area (Å²) in [5.41, 5.74) is 2.98. The Bertz CT molecular complexity index is 1960. The molecule has 0 saturated heterocycles. The summed E-state index contributed by atoms with van der Waals surface area (Å²) in [7, 11) is 0. The van der Waals surface area contributed by atoms with E-state index in [2.05, 4.69) is 32.9 Å². The highest BCUT2D eigenvalue weighted by Crippen LogP contribution is 2.31. The van der Waals surface area contributed by atoms with Gasteiger partial charge in [0.05, 0.1) is 6.04 Å². The third-order valence-corrected chi connectivity index (χ3v) is 8.34. The number of nitrogens with one attached hydrogen (secondary N) is 2. The van der Waals surface area contributed by atoms with Crippen molar-refractivity contribution in [3.05, 3.63) is 80.6 Å². The molecule has 0 fully saturated rings. The predicted octanol–water partition coefficient (Wildman–Crippen LogP) is 4.41. The van der Waals surface area contributed by atoms with Gasteiger partial charge in [-0.3, -0.25) is 14.4 Å². The molecule has 5 aromatic rings. The summed E-state index contributed by atoms with van der Waals surface area (Å²) in [4.78, 5) is 46.6. The molecule has 0 radical (unpaired) electrons. The zero-order valence-electron chi connectivity index (χ0n) is 26.4. The van der Waals surface area contributed by atoms with Crippen molar-refractivity contribution in [1.29, 1.82) is 0 Å². The summed E-state index contributed by atoms with van der Waals surface area (Å²) in [6.07, 6.45) is 3.52. The quantitative estimate of drug-likeness (QED) is 0.265. The minimum atomic E-state index is -0.786. The van der Waals surface area contributed by atoms with Crippen molar-refractivity contribution in [2.24, 2.45) is 0 Å². The van der Waals surface area contributed by atoms with E-state index >= 15 is 0 Å². The number of hydrogen-bond acceptors (Lipinski definition) is 7. The number of amides is 1. The Hall–Kier alpha value is -4.87. The molecule has 2 unspecified atom stereocenters. The predicted molar refractivity (Wildman–Crippen MR) is 172 cm³/mol. The maximum Gasteiger partial charge on any atom is 0.293 e. The van der Waals surface area contributed by atoms with Crippen LogP contribution < -0.4 is 16.4 Å². The van der Waals surface area contributed by atoms with Crippen LogP contribution in [0.15, 0.2) is 58.1 Å². The fraction of sp³-hybridized carbons (Fsp3) is 0.424. The monoisotopic (exact) mass is 609 g/mol. The first kappa shape index (κ1) is 30.2. The number of imidazole rings is 1. The second-order valence-electron chi connectivity index (χ2n) is 12.9. The van der Waals surface area contributed by atoms with Gasteiger partial charge in [-0.2, -0.15) is 5.21 Å². The lowest BCUT2D eigenvalue weighted by Crippen LogP contribution is -2.52. The van der Waals surface area contributed by atoms with Gasteiger partial charge in [0.25, 0.3) is 11.1 Å². The van der Waals surface area contributed by atoms with Gasteiger partial charge in [0.1, 0.15) is 17.4 Å². The van der Waals surface area contributed by atoms with Gasteiger partial charge < -0.3 is 9.88 Å². The van der Waals surface area contributed by atoms with Crippen LogP contribution in [-0.4, -0.2) is 51.0 Å². The van der Waals surface area contributed by atoms with Crippen LogP contribution in [-0.2, 0) is 17.8 Å². The molecule has 1 amide bonds. The van der Waals surface area contributed by atoms with Crippen LogP contribution >= 0.6 is 0 Å². The first-order valence-corrected chi connectivity index (χ1v) is 15.6. The molecule has 0 saturated carbocycles. The second kappa shape index (κ2) is 11.9. The number of nitrogens with zero attached hydrogens (tertiary/aromatic N) is 7. The number of aryl methyl sites for hydroxylation is 1. The average molecular weight is 610 g/mol. The molecule has 12 heteroatoms. The topological polar surface area (TPSA) is 145 Å². The molecule has 12 nitrogen and oxygen atoms in total. The second-order valence-corrected chi connectivity index (χ2v) is 12.9. The van der Waals surface area contributed by atoms with Gasteiger partial charge in [0.2, 0.25) is 11.7 Å². The van der Waals surface area contributed by atoms with E-state index in [1.54, 1.807) is 0 Å². The van der Waals surface area contributed by atoms with E-state index in [9.17, 15) is 14.4 Å². The van der Waals surface area contributed by atoms with Crippen molar-refractivity contribution in [3.8, 4) is 22.5 Å². The number of rotatable bonds is 8. The van der Waals surface area contributed by atoms with Gasteiger partial charge in [-0.25, -0.2) is 14.3 Å². The van der Waals surface area contributed by atoms with Gasteiger partial charge in [-0.1, -0.05) is 61.9 Å². The highest BCUT2D eigenvalue weighted by atomic mass is 16.2. The molecule has 45 heavy (non-hydrogen) atoms. The van der Waals surface area contributed by atoms with Gasteiger partial charge >= 0.3 is 0 Å². The van der Waals surface area contributed by atoms with Gasteiger partial charge in [0.15, 0.2) is 5.52 Å². The number of fused-ring (bicyclic) bond motifs is 2. The van der Waals surface area contributed by atoms with Crippen molar-refractivity contribution in [2.45, 2.75) is 90.9 Å². The maximum atomic E-state index is 14.4. The van der Waals surface area contributed by atoms with Crippen LogP contribution in [0.2, 0.25) is 0 Å². The molecule has 1 aliphatic heterocycles. The van der Waals surface area contributed by atoms with Crippen LogP contribution in [0, 0.1) is 0 Å². The fourth-order valence-electron chi connectivity index (χ4n) is 6.19. The van der Waals surface area contributed by atoms with Crippen LogP contribution in [0.4, 0.5) is 0 Å². The number of aromatic nitrogens is 8. The maximum absolute atomic E-state index is 14.4. The molecule has 2 aromatic carbocycles. The molecule has 0 aliphatic carbocycles. The molecule has 4 heterocycles. The number of benzene rings is 2. The van der Waals surface area contributed by atoms with Crippen LogP contribution in [0.3, 0.4) is 0 Å². The van der Waals surface area contributed by atoms with Gasteiger partial charge in [-0.05, 0) is 68.9 Å². The lowest BCUT2D eigenvalue weighted by molar-refractivity contribution is -0.127. The Morgan fingerprint density at radius 2 is 1.73 bits per heavy atom. The number of tetrazole rings is 1. The minimum Gasteiger partial charge on any atom is -0.350 e. The molecule has 1 aliphatic rings. The first-order valence-electron chi connectivity index (χ1n) is 15.6. The summed E-state index contributed by atoms with van der Waals surface area (Å²) in [6.45, 7) is 10.1. The Labute approximate surface area is 260 Å². The molecule has 2 atom stereocenters. The molecular formula is C33H39N9O3. The SMILES string of the molecule is CCCCc1nc2c(=O)n3n(c(=O)c2n1Cc1ccc(-c2ccccc2-c2nn[nH]n2)cc1)C(C(=O)NC(C)(C)C)CCC3C. The zero-order valence-corrected chi connectivity index (χ0v) is 26.4. The van der Waals surface area contributed by atoms with E-state index in [0.717, 1.165) is 35.1 Å². The summed E-state index contributed by atoms with van der Waals surface area (Å²) in [5.74, 6) is 0.941. The van der Waals surface area contributed by atoms with Crippen molar-refractivity contribution in [3.63, 3.8) is 0 Å². The fourth-order valence-corrected chi connectivity index (χ4v) is 6.19. The first-order chi connectivity index (χ1) is 21.6. The summed E-state index contributed by atoms with van der Waals surface area (Å²) < 4.78 is 4.72. The van der Waals surface area contributed by atoms with Crippen LogP contribution in [0.5, 0.6) is 0 Å². The molecular weight excluding hydrogens is 570 g/mol. The average Bonchev–Trinajstić information content (AvgIpc) is 3.67. The highest BCUT2D eigenvalue weighted by Gasteiger charge is 2.35. The summed E-state index contributed by atoms with van der Waals surface area (Å²) >= 11 is 0. The Kier molecular flexibility index (Phi) is 7.98. The normalized spacial score (nSPS) is 16.6. The Balaban J connectivity index is 1.45. The molecule has 0 spiro atoms. The minimum absolute atomic E-state index is 0.164. The smallest absolute Gasteiger partial charge is 0.293 e. The summed E-state index contributed by atoms with van der Waals surface area (Å²) in [6, 6.07) is 14.9. The number of H-pyrrole nitrogens is 1. The number of carbonyl (C=O) groups excluding carboxylic acids is 1. The van der Waals surface area contributed by atoms with E-state index in [1.165, 1.54) is 9.36 Å². The summed E-state index contributed by atoms with van der Waals surface area (Å²) in [5, 5.41) is 17.5. The number of carbonyl (C=O) groups is 1. The number of hydrogen-bond donors (Lipinski definition) is 2. The number of unbranched alkanes of at least 4 members (excludes halogenated alkanes) is 1. The van der Waals surface area contributed by atoms with E-state index in [0.29, 0.717) is 37.5 Å². The van der Waals surface area contributed by atoms with Gasteiger partial charge in [0, 0.05) is 24.1 Å². The molecule has 3 aromatic heterocycles. The van der Waals surface area contributed by atoms with E-state index in [-0.39, 0.29) is 34.1 Å². The molecule has 0 bridgehead atoms. The largest absolute Gasteiger partial charge is 0.350 e. The lowest BCUT2D eigenvalue weighted by Gasteiger charge is -2.34. The molecule has 6 rings (SSSR count). The van der Waals surface area contributed by atoms with Crippen molar-refractivity contribution < 1.29 is 4.79 Å². The van der Waals surface area contributed by atoms with E-state index in [4.69, 9.17) is 4.98 Å². The highest BCUT2D eigenvalue weighted by molar-refractivity contribution is 5.82. The van der Waals surface area contributed by atoms with E-state index in [1.807, 2.05) is 80.8 Å². The van der Waals surface area contributed by atoms with Crippen molar-refractivity contribution in [2.75, 3.05) is 0 Å². The Morgan fingerprint density at radius 1 is 1.00 bits per heavy atom. The molecule has 2 N–H and O–H groups in total.